The van der Waals surface area contributed by atoms with Gasteiger partial charge >= 0.3 is 12.0 Å². The van der Waals surface area contributed by atoms with Crippen molar-refractivity contribution in [2.45, 2.75) is 19.9 Å². The first-order valence-electron chi connectivity index (χ1n) is 5.56. The van der Waals surface area contributed by atoms with E-state index < -0.39 is 18.0 Å². The summed E-state index contributed by atoms with van der Waals surface area (Å²) in [7, 11) is 0. The van der Waals surface area contributed by atoms with Crippen molar-refractivity contribution in [2.24, 2.45) is 5.92 Å². The summed E-state index contributed by atoms with van der Waals surface area (Å²) in [6.45, 7) is 3.41. The Hall–Kier alpha value is -1.46. The van der Waals surface area contributed by atoms with Gasteiger partial charge in [-0.2, -0.15) is 0 Å². The van der Waals surface area contributed by atoms with Crippen LogP contribution in [0.25, 0.3) is 0 Å². The number of carbonyl (C=O) groups excluding carboxylic acids is 1. The van der Waals surface area contributed by atoms with Crippen molar-refractivity contribution in [1.82, 2.24) is 5.32 Å². The minimum Gasteiger partial charge on any atom is -0.480 e. The molecule has 0 aliphatic rings. The molecule has 19 heavy (non-hydrogen) atoms. The Morgan fingerprint density at radius 2 is 1.68 bits per heavy atom. The summed E-state index contributed by atoms with van der Waals surface area (Å²) < 4.78 is 0. The maximum Gasteiger partial charge on any atom is 0.326 e. The van der Waals surface area contributed by atoms with Gasteiger partial charge in [-0.25, -0.2) is 9.59 Å². The summed E-state index contributed by atoms with van der Waals surface area (Å²) in [5.74, 6) is -1.32. The van der Waals surface area contributed by atoms with Crippen molar-refractivity contribution in [3.8, 4) is 0 Å². The van der Waals surface area contributed by atoms with Crippen LogP contribution in [0.2, 0.25) is 10.0 Å². The first kappa shape index (κ1) is 15.6. The fourth-order valence-corrected chi connectivity index (χ4v) is 1.97. The van der Waals surface area contributed by atoms with Crippen molar-refractivity contribution in [3.05, 3.63) is 28.2 Å². The molecule has 0 spiro atoms. The van der Waals surface area contributed by atoms with Gasteiger partial charge in [0, 0.05) is 15.7 Å². The zero-order valence-electron chi connectivity index (χ0n) is 10.4. The molecule has 0 aliphatic carbocycles. The lowest BCUT2D eigenvalue weighted by Crippen LogP contribution is -2.46. The second-order valence-corrected chi connectivity index (χ2v) is 5.19. The number of carbonyl (C=O) groups is 2. The van der Waals surface area contributed by atoms with Crippen LogP contribution < -0.4 is 10.6 Å². The number of rotatable bonds is 4. The molecule has 0 aromatic heterocycles. The maximum atomic E-state index is 11.7. The van der Waals surface area contributed by atoms with Crippen LogP contribution >= 0.6 is 23.2 Å². The predicted molar refractivity (Wildman–Crippen MR) is 74.9 cm³/mol. The lowest BCUT2D eigenvalue weighted by Gasteiger charge is -2.18. The number of aliphatic carboxylic acids is 1. The zero-order valence-corrected chi connectivity index (χ0v) is 11.9. The molecule has 104 valence electrons. The number of anilines is 1. The van der Waals surface area contributed by atoms with E-state index in [2.05, 4.69) is 10.6 Å². The van der Waals surface area contributed by atoms with Gasteiger partial charge in [-0.1, -0.05) is 37.0 Å². The number of hydrogen-bond donors (Lipinski definition) is 3. The molecule has 0 saturated carbocycles. The SMILES string of the molecule is CC(C)[C@H](NC(=O)Nc1cc(Cl)cc(Cl)c1)C(=O)O. The van der Waals surface area contributed by atoms with Gasteiger partial charge in [0.1, 0.15) is 6.04 Å². The highest BCUT2D eigenvalue weighted by atomic mass is 35.5. The molecule has 0 bridgehead atoms. The largest absolute Gasteiger partial charge is 0.480 e. The summed E-state index contributed by atoms with van der Waals surface area (Å²) in [5, 5.41) is 14.6. The topological polar surface area (TPSA) is 78.4 Å². The van der Waals surface area contributed by atoms with Crippen molar-refractivity contribution in [3.63, 3.8) is 0 Å². The minimum absolute atomic E-state index is 0.230. The quantitative estimate of drug-likeness (QED) is 0.799. The Kier molecular flexibility index (Phi) is 5.44. The van der Waals surface area contributed by atoms with E-state index in [9.17, 15) is 9.59 Å². The molecular weight excluding hydrogens is 291 g/mol. The molecule has 0 unspecified atom stereocenters. The van der Waals surface area contributed by atoms with Gasteiger partial charge in [0.2, 0.25) is 0 Å². The first-order chi connectivity index (χ1) is 8.79. The molecule has 1 aromatic carbocycles. The Morgan fingerprint density at radius 3 is 2.11 bits per heavy atom. The Morgan fingerprint density at radius 1 is 1.16 bits per heavy atom. The van der Waals surface area contributed by atoms with E-state index in [1.165, 1.54) is 18.2 Å². The molecule has 5 nitrogen and oxygen atoms in total. The number of carboxylic acid groups (broad SMARTS) is 1. The van der Waals surface area contributed by atoms with Gasteiger partial charge in [-0.3, -0.25) is 0 Å². The number of nitrogens with one attached hydrogen (secondary N) is 2. The summed E-state index contributed by atoms with van der Waals surface area (Å²) in [6.07, 6.45) is 0. The molecular formula is C12H14Cl2N2O3. The minimum atomic E-state index is -1.09. The molecule has 7 heteroatoms. The summed E-state index contributed by atoms with van der Waals surface area (Å²) in [6, 6.07) is 2.96. The zero-order chi connectivity index (χ0) is 14.6. The maximum absolute atomic E-state index is 11.7. The second kappa shape index (κ2) is 6.63. The van der Waals surface area contributed by atoms with E-state index >= 15 is 0 Å². The normalized spacial score (nSPS) is 12.1. The molecule has 2 amide bonds. The molecule has 0 radical (unpaired) electrons. The van der Waals surface area contributed by atoms with Crippen LogP contribution in [0, 0.1) is 5.92 Å². The monoisotopic (exact) mass is 304 g/mol. The molecule has 1 aromatic rings. The lowest BCUT2D eigenvalue weighted by atomic mass is 10.1. The van der Waals surface area contributed by atoms with Gasteiger partial charge < -0.3 is 15.7 Å². The van der Waals surface area contributed by atoms with E-state index in [1.54, 1.807) is 13.8 Å². The lowest BCUT2D eigenvalue weighted by molar-refractivity contribution is -0.140. The molecule has 1 rings (SSSR count). The van der Waals surface area contributed by atoms with Gasteiger partial charge in [0.25, 0.3) is 0 Å². The van der Waals surface area contributed by atoms with E-state index in [-0.39, 0.29) is 5.92 Å². The van der Waals surface area contributed by atoms with Crippen LogP contribution in [0.4, 0.5) is 10.5 Å². The molecule has 0 saturated heterocycles. The van der Waals surface area contributed by atoms with Crippen molar-refractivity contribution in [2.75, 3.05) is 5.32 Å². The summed E-state index contributed by atoms with van der Waals surface area (Å²) in [4.78, 5) is 22.6. The van der Waals surface area contributed by atoms with Crippen LogP contribution in [0.15, 0.2) is 18.2 Å². The van der Waals surface area contributed by atoms with Crippen molar-refractivity contribution in [1.29, 1.82) is 0 Å². The van der Waals surface area contributed by atoms with Crippen molar-refractivity contribution < 1.29 is 14.7 Å². The standard InChI is InChI=1S/C12H14Cl2N2O3/c1-6(2)10(11(17)18)16-12(19)15-9-4-7(13)3-8(14)5-9/h3-6,10H,1-2H3,(H,17,18)(H2,15,16,19)/t10-/m0/s1. The Labute approximate surface area is 120 Å². The third-order valence-corrected chi connectivity index (χ3v) is 2.78. The number of halogens is 2. The van der Waals surface area contributed by atoms with Crippen LogP contribution in [-0.4, -0.2) is 23.1 Å². The van der Waals surface area contributed by atoms with Gasteiger partial charge in [-0.15, -0.1) is 0 Å². The third kappa shape index (κ3) is 4.96. The highest BCUT2D eigenvalue weighted by molar-refractivity contribution is 6.35. The highest BCUT2D eigenvalue weighted by Gasteiger charge is 2.23. The smallest absolute Gasteiger partial charge is 0.326 e. The number of urea groups is 1. The fourth-order valence-electron chi connectivity index (χ4n) is 1.45. The molecule has 0 heterocycles. The Bertz CT molecular complexity index is 472. The number of benzene rings is 1. The predicted octanol–water partition coefficient (Wildman–Crippen LogP) is 3.22. The number of carboxylic acids is 1. The van der Waals surface area contributed by atoms with Gasteiger partial charge in [-0.05, 0) is 24.1 Å². The fraction of sp³-hybridized carbons (Fsp3) is 0.333. The summed E-state index contributed by atoms with van der Waals surface area (Å²) in [5.41, 5.74) is 0.392. The average Bonchev–Trinajstić information content (AvgIpc) is 2.23. The van der Waals surface area contributed by atoms with Crippen LogP contribution in [-0.2, 0) is 4.79 Å². The molecule has 3 N–H and O–H groups in total. The van der Waals surface area contributed by atoms with Crippen LogP contribution in [0.1, 0.15) is 13.8 Å². The number of amides is 2. The van der Waals surface area contributed by atoms with E-state index in [0.717, 1.165) is 0 Å². The average molecular weight is 305 g/mol. The van der Waals surface area contributed by atoms with Gasteiger partial charge in [0.05, 0.1) is 0 Å². The first-order valence-corrected chi connectivity index (χ1v) is 6.31. The van der Waals surface area contributed by atoms with Crippen LogP contribution in [0.5, 0.6) is 0 Å². The number of hydrogen-bond acceptors (Lipinski definition) is 2. The van der Waals surface area contributed by atoms with Crippen molar-refractivity contribution >= 4 is 40.9 Å². The molecule has 1 atom stereocenters. The second-order valence-electron chi connectivity index (χ2n) is 4.32. The van der Waals surface area contributed by atoms with E-state index in [1.807, 2.05) is 0 Å². The van der Waals surface area contributed by atoms with E-state index in [4.69, 9.17) is 28.3 Å². The third-order valence-electron chi connectivity index (χ3n) is 2.34. The molecule has 0 aliphatic heterocycles. The summed E-state index contributed by atoms with van der Waals surface area (Å²) >= 11 is 11.6. The highest BCUT2D eigenvalue weighted by Crippen LogP contribution is 2.22. The van der Waals surface area contributed by atoms with E-state index in [0.29, 0.717) is 15.7 Å². The van der Waals surface area contributed by atoms with Gasteiger partial charge in [0.15, 0.2) is 0 Å². The molecule has 0 fully saturated rings. The Balaban J connectivity index is 2.71. The van der Waals surface area contributed by atoms with Crippen LogP contribution in [0.3, 0.4) is 0 Å².